The van der Waals surface area contributed by atoms with Gasteiger partial charge in [-0.2, -0.15) is 5.10 Å². The second kappa shape index (κ2) is 20.5. The smallest absolute Gasteiger partial charge is 0.0633 e. The molecule has 0 spiro atoms. The Morgan fingerprint density at radius 2 is 1.56 bits per heavy atom. The van der Waals surface area contributed by atoms with Crippen LogP contribution in [0, 0.1) is 13.8 Å². The molecule has 0 bridgehead atoms. The Hall–Kier alpha value is -3.13. The molecule has 0 N–H and O–H groups in total. The average Bonchev–Trinajstić information content (AvgIpc) is 2.81. The Balaban J connectivity index is 0. The van der Waals surface area contributed by atoms with E-state index in [9.17, 15) is 0 Å². The molecule has 1 aliphatic heterocycles. The van der Waals surface area contributed by atoms with Crippen molar-refractivity contribution >= 4 is 5.71 Å². The van der Waals surface area contributed by atoms with Gasteiger partial charge in [-0.1, -0.05) is 107 Å². The van der Waals surface area contributed by atoms with Crippen molar-refractivity contribution in [1.29, 1.82) is 0 Å². The molecular formula is C32H48N2. The highest BCUT2D eigenvalue weighted by molar-refractivity contribution is 5.93. The zero-order valence-corrected chi connectivity index (χ0v) is 23.3. The zero-order chi connectivity index (χ0) is 26.5. The third-order valence-corrected chi connectivity index (χ3v) is 4.68. The van der Waals surface area contributed by atoms with Crippen molar-refractivity contribution in [2.75, 3.05) is 0 Å². The number of aryl methyl sites for hydroxylation is 2. The highest BCUT2D eigenvalue weighted by Gasteiger charge is 2.13. The third kappa shape index (κ3) is 14.8. The molecular weight excluding hydrogens is 412 g/mol. The summed E-state index contributed by atoms with van der Waals surface area (Å²) in [4.78, 5) is 0. The Bertz CT molecular complexity index is 884. The second-order valence-electron chi connectivity index (χ2n) is 7.80. The maximum Gasteiger partial charge on any atom is 0.0633 e. The third-order valence-electron chi connectivity index (χ3n) is 4.68. The molecule has 0 unspecified atom stereocenters. The molecule has 2 rings (SSSR count). The molecule has 0 aromatic heterocycles. The maximum atomic E-state index is 4.39. The lowest BCUT2D eigenvalue weighted by Crippen LogP contribution is -2.19. The molecule has 0 fully saturated rings. The topological polar surface area (TPSA) is 15.6 Å². The van der Waals surface area contributed by atoms with E-state index in [1.807, 2.05) is 70.0 Å². The van der Waals surface area contributed by atoms with Gasteiger partial charge in [0.25, 0.3) is 0 Å². The Kier molecular flexibility index (Phi) is 19.9. The summed E-state index contributed by atoms with van der Waals surface area (Å²) in [7, 11) is 0. The molecule has 34 heavy (non-hydrogen) atoms. The van der Waals surface area contributed by atoms with Gasteiger partial charge in [-0.05, 0) is 76.8 Å². The number of benzene rings is 1. The van der Waals surface area contributed by atoms with Gasteiger partial charge in [0.1, 0.15) is 0 Å². The van der Waals surface area contributed by atoms with Crippen molar-refractivity contribution < 1.29 is 0 Å². The summed E-state index contributed by atoms with van der Waals surface area (Å²) < 4.78 is 0. The molecule has 0 amide bonds. The number of rotatable bonds is 6. The van der Waals surface area contributed by atoms with Gasteiger partial charge in [0.15, 0.2) is 0 Å². The van der Waals surface area contributed by atoms with Crippen LogP contribution in [0.3, 0.4) is 0 Å². The van der Waals surface area contributed by atoms with E-state index in [0.717, 1.165) is 22.7 Å². The molecule has 2 heteroatoms. The summed E-state index contributed by atoms with van der Waals surface area (Å²) in [5, 5.41) is 6.21. The average molecular weight is 461 g/mol. The minimum Gasteiger partial charge on any atom is -0.234 e. The summed E-state index contributed by atoms with van der Waals surface area (Å²) in [6.45, 7) is 29.9. The van der Waals surface area contributed by atoms with Crippen molar-refractivity contribution in [3.8, 4) is 0 Å². The molecule has 0 aliphatic carbocycles. The fourth-order valence-corrected chi connectivity index (χ4v) is 2.74. The van der Waals surface area contributed by atoms with E-state index in [4.69, 9.17) is 0 Å². The fraction of sp³-hybridized carbons (Fsp3) is 0.344. The number of nitrogens with zero attached hydrogens (tertiary/aromatic N) is 2. The first-order valence-electron chi connectivity index (χ1n) is 12.2. The van der Waals surface area contributed by atoms with Crippen molar-refractivity contribution in [1.82, 2.24) is 5.01 Å². The number of hydrogen-bond acceptors (Lipinski definition) is 2. The van der Waals surface area contributed by atoms with Crippen LogP contribution in [0.5, 0.6) is 0 Å². The highest BCUT2D eigenvalue weighted by Crippen LogP contribution is 2.22. The standard InChI is InChI=1S/C12H16N2.C10H16.C8H10.C2H6/c1-6-12(9(2)3)14-11(5)8-7-10(4)13-14;1-4-6-7-9-10(3)8-5-2;1-7-5-3-4-6-8(7)2;1-2/h6-8H,2,5H2,1,3-4H3;4,6-7,9H,1,5,8H2,2-3H3;3-6H,1-2H3;1-2H3/b12-6-;7-6-,10-9+;;. The predicted molar refractivity (Wildman–Crippen MR) is 157 cm³/mol. The van der Waals surface area contributed by atoms with Crippen LogP contribution in [0.4, 0.5) is 0 Å². The second-order valence-corrected chi connectivity index (χ2v) is 7.80. The number of hydrazone groups is 1. The van der Waals surface area contributed by atoms with Gasteiger partial charge in [-0.15, -0.1) is 0 Å². The summed E-state index contributed by atoms with van der Waals surface area (Å²) >= 11 is 0. The van der Waals surface area contributed by atoms with E-state index in [0.29, 0.717) is 0 Å². The molecule has 1 aromatic rings. The Labute approximate surface area is 211 Å². The minimum atomic E-state index is 0.867. The van der Waals surface area contributed by atoms with Gasteiger partial charge in [-0.25, -0.2) is 5.01 Å². The molecule has 1 aromatic carbocycles. The Morgan fingerprint density at radius 1 is 1.00 bits per heavy atom. The SMILES string of the molecule is C=C(C)/C(=C/C)N1N=C(C)C=CC1=C.C=C/C=C\C=C(/C)CCC.CC.Cc1ccccc1C. The van der Waals surface area contributed by atoms with Crippen molar-refractivity contribution in [3.63, 3.8) is 0 Å². The van der Waals surface area contributed by atoms with Gasteiger partial charge >= 0.3 is 0 Å². The van der Waals surface area contributed by atoms with Crippen LogP contribution < -0.4 is 0 Å². The van der Waals surface area contributed by atoms with E-state index in [1.54, 1.807) is 6.08 Å². The lowest BCUT2D eigenvalue weighted by atomic mass is 10.1. The quantitative estimate of drug-likeness (QED) is 0.385. The molecule has 0 saturated heterocycles. The van der Waals surface area contributed by atoms with E-state index in [-0.39, 0.29) is 0 Å². The van der Waals surface area contributed by atoms with Gasteiger partial charge in [-0.3, -0.25) is 0 Å². The normalized spacial score (nSPS) is 13.0. The van der Waals surface area contributed by atoms with Gasteiger partial charge in [0.2, 0.25) is 0 Å². The summed E-state index contributed by atoms with van der Waals surface area (Å²) in [6.07, 6.45) is 16.2. The first-order chi connectivity index (χ1) is 16.2. The molecule has 0 atom stereocenters. The summed E-state index contributed by atoms with van der Waals surface area (Å²) in [5.41, 5.74) is 7.99. The van der Waals surface area contributed by atoms with Crippen LogP contribution in [0.15, 0.2) is 114 Å². The monoisotopic (exact) mass is 460 g/mol. The molecule has 186 valence electrons. The van der Waals surface area contributed by atoms with Gasteiger partial charge in [0.05, 0.1) is 17.1 Å². The van der Waals surface area contributed by atoms with Crippen LogP contribution in [-0.4, -0.2) is 10.7 Å². The predicted octanol–water partition coefficient (Wildman–Crippen LogP) is 10.0. The van der Waals surface area contributed by atoms with Gasteiger partial charge in [0, 0.05) is 0 Å². The lowest BCUT2D eigenvalue weighted by Gasteiger charge is -2.25. The van der Waals surface area contributed by atoms with Crippen LogP contribution in [0.1, 0.15) is 72.4 Å². The minimum absolute atomic E-state index is 0.867. The number of allylic oxidation sites excluding steroid dienone is 9. The van der Waals surface area contributed by atoms with E-state index in [2.05, 4.69) is 82.9 Å². The maximum absolute atomic E-state index is 4.39. The summed E-state index contributed by atoms with van der Waals surface area (Å²) in [6, 6.07) is 8.36. The van der Waals surface area contributed by atoms with Crippen molar-refractivity contribution in [2.45, 2.75) is 75.2 Å². The van der Waals surface area contributed by atoms with Crippen LogP contribution >= 0.6 is 0 Å². The first-order valence-corrected chi connectivity index (χ1v) is 12.2. The first kappa shape index (κ1) is 33.0. The lowest BCUT2D eigenvalue weighted by molar-refractivity contribution is 0.475. The van der Waals surface area contributed by atoms with Crippen LogP contribution in [-0.2, 0) is 0 Å². The Morgan fingerprint density at radius 3 is 1.97 bits per heavy atom. The van der Waals surface area contributed by atoms with E-state index in [1.165, 1.54) is 29.5 Å². The summed E-state index contributed by atoms with van der Waals surface area (Å²) in [5.74, 6) is 0. The molecule has 0 saturated carbocycles. The van der Waals surface area contributed by atoms with Gasteiger partial charge < -0.3 is 0 Å². The molecule has 2 nitrogen and oxygen atoms in total. The van der Waals surface area contributed by atoms with Crippen molar-refractivity contribution in [2.24, 2.45) is 5.10 Å². The molecule has 1 aliphatic rings. The highest BCUT2D eigenvalue weighted by atomic mass is 15.5. The zero-order valence-electron chi connectivity index (χ0n) is 23.3. The van der Waals surface area contributed by atoms with Crippen LogP contribution in [0.2, 0.25) is 0 Å². The molecule has 1 heterocycles. The van der Waals surface area contributed by atoms with E-state index < -0.39 is 0 Å². The van der Waals surface area contributed by atoms with E-state index >= 15 is 0 Å². The largest absolute Gasteiger partial charge is 0.234 e. The molecule has 0 radical (unpaired) electrons. The fourth-order valence-electron chi connectivity index (χ4n) is 2.74. The van der Waals surface area contributed by atoms with Crippen LogP contribution in [0.25, 0.3) is 0 Å². The number of hydrogen-bond donors (Lipinski definition) is 0. The van der Waals surface area contributed by atoms with Crippen molar-refractivity contribution in [3.05, 3.63) is 120 Å².